The molecule has 3 rings (SSSR count). The van der Waals surface area contributed by atoms with Crippen LogP contribution in [0.1, 0.15) is 24.1 Å². The zero-order valence-corrected chi connectivity index (χ0v) is 12.8. The molecule has 1 aliphatic heterocycles. The lowest BCUT2D eigenvalue weighted by atomic mass is 10.2. The van der Waals surface area contributed by atoms with Crippen molar-refractivity contribution in [2.75, 3.05) is 13.1 Å². The molecule has 3 heterocycles. The molecule has 0 aromatic carbocycles. The standard InChI is InChI=1S/C13H16N2O3S2/c1-10-13(9-12(19-10)11-5-6-14-18-11)20(16,17)15-7-3-2-4-8-15/h5-6,9H,2-4,7-8H2,1H3. The second kappa shape index (κ2) is 5.31. The van der Waals surface area contributed by atoms with Crippen LogP contribution in [0.5, 0.6) is 0 Å². The number of nitrogens with zero attached hydrogens (tertiary/aromatic N) is 2. The topological polar surface area (TPSA) is 63.4 Å². The van der Waals surface area contributed by atoms with Gasteiger partial charge in [0.25, 0.3) is 0 Å². The van der Waals surface area contributed by atoms with Crippen LogP contribution in [-0.2, 0) is 10.0 Å². The van der Waals surface area contributed by atoms with E-state index in [-0.39, 0.29) is 0 Å². The van der Waals surface area contributed by atoms with Gasteiger partial charge in [-0.15, -0.1) is 11.3 Å². The van der Waals surface area contributed by atoms with Crippen molar-refractivity contribution < 1.29 is 12.9 Å². The molecule has 2 aromatic heterocycles. The van der Waals surface area contributed by atoms with Gasteiger partial charge in [0.15, 0.2) is 5.76 Å². The molecular formula is C13H16N2O3S2. The minimum absolute atomic E-state index is 0.399. The van der Waals surface area contributed by atoms with Gasteiger partial charge < -0.3 is 4.52 Å². The summed E-state index contributed by atoms with van der Waals surface area (Å²) in [6.45, 7) is 3.08. The highest BCUT2D eigenvalue weighted by Gasteiger charge is 2.29. The third-order valence-electron chi connectivity index (χ3n) is 3.49. The number of sulfonamides is 1. The lowest BCUT2D eigenvalue weighted by Crippen LogP contribution is -2.35. The van der Waals surface area contributed by atoms with Crippen molar-refractivity contribution in [1.29, 1.82) is 0 Å². The van der Waals surface area contributed by atoms with Crippen molar-refractivity contribution >= 4 is 21.4 Å². The van der Waals surface area contributed by atoms with Crippen LogP contribution in [0.25, 0.3) is 10.6 Å². The molecule has 108 valence electrons. The minimum atomic E-state index is -3.38. The number of thiophene rings is 1. The fourth-order valence-corrected chi connectivity index (χ4v) is 5.46. The summed E-state index contributed by atoms with van der Waals surface area (Å²) in [5.74, 6) is 0.609. The summed E-state index contributed by atoms with van der Waals surface area (Å²) >= 11 is 1.42. The number of rotatable bonds is 3. The van der Waals surface area contributed by atoms with Crippen molar-refractivity contribution in [3.63, 3.8) is 0 Å². The second-order valence-corrected chi connectivity index (χ2v) is 8.04. The molecule has 0 radical (unpaired) electrons. The summed E-state index contributed by atoms with van der Waals surface area (Å²) in [4.78, 5) is 1.99. The Kier molecular flexibility index (Phi) is 3.66. The van der Waals surface area contributed by atoms with Crippen LogP contribution >= 0.6 is 11.3 Å². The number of piperidine rings is 1. The van der Waals surface area contributed by atoms with E-state index in [1.54, 1.807) is 22.6 Å². The van der Waals surface area contributed by atoms with E-state index in [0.29, 0.717) is 23.7 Å². The summed E-state index contributed by atoms with van der Waals surface area (Å²) < 4.78 is 32.0. The van der Waals surface area contributed by atoms with Gasteiger partial charge in [-0.05, 0) is 25.8 Å². The van der Waals surface area contributed by atoms with E-state index in [1.165, 1.54) is 11.3 Å². The molecule has 0 amide bonds. The van der Waals surface area contributed by atoms with Crippen LogP contribution in [-0.4, -0.2) is 31.0 Å². The van der Waals surface area contributed by atoms with Crippen LogP contribution in [0, 0.1) is 6.92 Å². The third-order valence-corrected chi connectivity index (χ3v) is 6.70. The molecule has 1 fully saturated rings. The SMILES string of the molecule is Cc1sc(-c2ccno2)cc1S(=O)(=O)N1CCCCC1. The molecule has 2 aromatic rings. The average Bonchev–Trinajstić information content (AvgIpc) is 3.08. The first kappa shape index (κ1) is 13.8. The molecule has 7 heteroatoms. The molecule has 0 N–H and O–H groups in total. The smallest absolute Gasteiger partial charge is 0.244 e. The van der Waals surface area contributed by atoms with Crippen LogP contribution in [0.2, 0.25) is 0 Å². The first-order valence-corrected chi connectivity index (χ1v) is 8.86. The van der Waals surface area contributed by atoms with E-state index in [4.69, 9.17) is 4.52 Å². The molecule has 0 aliphatic carbocycles. The molecule has 20 heavy (non-hydrogen) atoms. The first-order chi connectivity index (χ1) is 9.59. The fraction of sp³-hybridized carbons (Fsp3) is 0.462. The number of hydrogen-bond acceptors (Lipinski definition) is 5. The zero-order chi connectivity index (χ0) is 14.2. The number of hydrogen-bond donors (Lipinski definition) is 0. The quantitative estimate of drug-likeness (QED) is 0.874. The summed E-state index contributed by atoms with van der Waals surface area (Å²) in [6.07, 6.45) is 4.55. The summed E-state index contributed by atoms with van der Waals surface area (Å²) in [5.41, 5.74) is 0. The van der Waals surface area contributed by atoms with Crippen LogP contribution < -0.4 is 0 Å². The van der Waals surface area contributed by atoms with Crippen molar-refractivity contribution in [3.8, 4) is 10.6 Å². The highest BCUT2D eigenvalue weighted by Crippen LogP contribution is 2.35. The maximum atomic E-state index is 12.7. The van der Waals surface area contributed by atoms with E-state index < -0.39 is 10.0 Å². The molecule has 0 bridgehead atoms. The largest absolute Gasteiger partial charge is 0.355 e. The zero-order valence-electron chi connectivity index (χ0n) is 11.2. The van der Waals surface area contributed by atoms with Gasteiger partial charge in [-0.25, -0.2) is 8.42 Å². The summed E-state index contributed by atoms with van der Waals surface area (Å²) in [5, 5.41) is 3.66. The Hall–Kier alpha value is -1.18. The van der Waals surface area contributed by atoms with Crippen LogP contribution in [0.15, 0.2) is 27.7 Å². The van der Waals surface area contributed by atoms with E-state index >= 15 is 0 Å². The molecule has 0 spiro atoms. The lowest BCUT2D eigenvalue weighted by Gasteiger charge is -2.25. The Balaban J connectivity index is 1.97. The van der Waals surface area contributed by atoms with Crippen LogP contribution in [0.3, 0.4) is 0 Å². The van der Waals surface area contributed by atoms with E-state index in [2.05, 4.69) is 5.16 Å². The van der Waals surface area contributed by atoms with Gasteiger partial charge in [-0.1, -0.05) is 11.6 Å². The molecule has 0 saturated carbocycles. The Bertz CT molecular complexity index is 683. The Morgan fingerprint density at radius 3 is 2.70 bits per heavy atom. The summed E-state index contributed by atoms with van der Waals surface area (Å²) in [6, 6.07) is 3.44. The highest BCUT2D eigenvalue weighted by atomic mass is 32.2. The Morgan fingerprint density at radius 2 is 2.05 bits per heavy atom. The van der Waals surface area contributed by atoms with Crippen molar-refractivity contribution in [2.45, 2.75) is 31.1 Å². The lowest BCUT2D eigenvalue weighted by molar-refractivity contribution is 0.346. The predicted molar refractivity (Wildman–Crippen MR) is 77.2 cm³/mol. The third kappa shape index (κ3) is 2.41. The monoisotopic (exact) mass is 312 g/mol. The molecule has 5 nitrogen and oxygen atoms in total. The molecule has 1 saturated heterocycles. The Labute approximate surface area is 122 Å². The first-order valence-electron chi connectivity index (χ1n) is 6.60. The average molecular weight is 312 g/mol. The number of aromatic nitrogens is 1. The molecule has 1 aliphatic rings. The van der Waals surface area contributed by atoms with Gasteiger partial charge in [0.2, 0.25) is 10.0 Å². The van der Waals surface area contributed by atoms with Gasteiger partial charge in [0, 0.05) is 24.0 Å². The van der Waals surface area contributed by atoms with Gasteiger partial charge in [-0.3, -0.25) is 0 Å². The van der Waals surface area contributed by atoms with E-state index in [9.17, 15) is 8.42 Å². The van der Waals surface area contributed by atoms with Crippen molar-refractivity contribution in [3.05, 3.63) is 23.2 Å². The van der Waals surface area contributed by atoms with Crippen molar-refractivity contribution in [1.82, 2.24) is 9.46 Å². The van der Waals surface area contributed by atoms with Gasteiger partial charge in [-0.2, -0.15) is 4.31 Å². The van der Waals surface area contributed by atoms with Crippen molar-refractivity contribution in [2.24, 2.45) is 0 Å². The molecule has 0 unspecified atom stereocenters. The van der Waals surface area contributed by atoms with E-state index in [1.807, 2.05) is 6.92 Å². The normalized spacial score (nSPS) is 17.4. The Morgan fingerprint density at radius 1 is 1.30 bits per heavy atom. The maximum absolute atomic E-state index is 12.7. The highest BCUT2D eigenvalue weighted by molar-refractivity contribution is 7.89. The fourth-order valence-electron chi connectivity index (χ4n) is 2.43. The van der Waals surface area contributed by atoms with Crippen LogP contribution in [0.4, 0.5) is 0 Å². The molecule has 0 atom stereocenters. The maximum Gasteiger partial charge on any atom is 0.244 e. The predicted octanol–water partition coefficient (Wildman–Crippen LogP) is 2.89. The minimum Gasteiger partial charge on any atom is -0.355 e. The van der Waals surface area contributed by atoms with Gasteiger partial charge in [0.05, 0.1) is 16.0 Å². The second-order valence-electron chi connectivity index (χ2n) is 4.87. The number of aryl methyl sites for hydroxylation is 1. The summed E-state index contributed by atoms with van der Waals surface area (Å²) in [7, 11) is -3.38. The van der Waals surface area contributed by atoms with Gasteiger partial charge >= 0.3 is 0 Å². The van der Waals surface area contributed by atoms with E-state index in [0.717, 1.165) is 29.0 Å². The van der Waals surface area contributed by atoms with Gasteiger partial charge in [0.1, 0.15) is 0 Å². The molecular weight excluding hydrogens is 296 g/mol.